The van der Waals surface area contributed by atoms with Gasteiger partial charge in [-0.1, -0.05) is 25.7 Å². The van der Waals surface area contributed by atoms with Crippen molar-refractivity contribution < 1.29 is 49.5 Å². The summed E-state index contributed by atoms with van der Waals surface area (Å²) in [4.78, 5) is 55.6. The molecule has 0 aliphatic rings. The van der Waals surface area contributed by atoms with Crippen LogP contribution in [0.4, 0.5) is 0 Å². The molecule has 0 aliphatic carbocycles. The minimum Gasteiger partial charge on any atom is -0.481 e. The smallest absolute Gasteiger partial charge is 0.311 e. The van der Waals surface area contributed by atoms with E-state index < -0.39 is 60.4 Å². The van der Waals surface area contributed by atoms with Gasteiger partial charge in [-0.05, 0) is 18.8 Å². The third-order valence-corrected chi connectivity index (χ3v) is 4.51. The quantitative estimate of drug-likeness (QED) is 0.244. The van der Waals surface area contributed by atoms with Crippen LogP contribution in [0.25, 0.3) is 0 Å². The molecule has 0 radical (unpaired) electrons. The fourth-order valence-corrected chi connectivity index (χ4v) is 3.20. The van der Waals surface area contributed by atoms with Crippen molar-refractivity contribution >= 4 is 29.8 Å². The standard InChI is InChI=1S/C17H26O10/c18-12(19)7-5-3-1-2-4-6-11(8-13(20)21)17(16(26)27,9-14(22)23)10-15(24)25/h11H,1-10H2,(H,18,19)(H,20,21)(H,22,23)(H,24,25)(H,26,27). The minimum absolute atomic E-state index is 0.0426. The van der Waals surface area contributed by atoms with Gasteiger partial charge in [-0.2, -0.15) is 0 Å². The highest BCUT2D eigenvalue weighted by molar-refractivity contribution is 5.87. The predicted molar refractivity (Wildman–Crippen MR) is 90.3 cm³/mol. The minimum atomic E-state index is -2.21. The van der Waals surface area contributed by atoms with Crippen molar-refractivity contribution in [3.8, 4) is 0 Å². The van der Waals surface area contributed by atoms with Gasteiger partial charge in [0.05, 0.1) is 18.3 Å². The highest BCUT2D eigenvalue weighted by Crippen LogP contribution is 2.41. The van der Waals surface area contributed by atoms with Gasteiger partial charge in [-0.15, -0.1) is 0 Å². The molecule has 0 bridgehead atoms. The Morgan fingerprint density at radius 3 is 1.52 bits per heavy atom. The van der Waals surface area contributed by atoms with E-state index in [2.05, 4.69) is 0 Å². The van der Waals surface area contributed by atoms with E-state index in [0.717, 1.165) is 0 Å². The van der Waals surface area contributed by atoms with Crippen LogP contribution in [0.3, 0.4) is 0 Å². The van der Waals surface area contributed by atoms with Crippen molar-refractivity contribution in [1.82, 2.24) is 0 Å². The van der Waals surface area contributed by atoms with Gasteiger partial charge in [0.2, 0.25) is 0 Å². The molecule has 10 nitrogen and oxygen atoms in total. The summed E-state index contributed by atoms with van der Waals surface area (Å²) in [5.41, 5.74) is -2.21. The first-order valence-electron chi connectivity index (χ1n) is 8.62. The van der Waals surface area contributed by atoms with Gasteiger partial charge in [-0.3, -0.25) is 24.0 Å². The Morgan fingerprint density at radius 2 is 1.11 bits per heavy atom. The van der Waals surface area contributed by atoms with Crippen LogP contribution in [0.5, 0.6) is 0 Å². The maximum atomic E-state index is 11.8. The molecular weight excluding hydrogens is 364 g/mol. The van der Waals surface area contributed by atoms with Crippen LogP contribution in [-0.2, 0) is 24.0 Å². The number of carboxylic acids is 5. The summed E-state index contributed by atoms with van der Waals surface area (Å²) in [7, 11) is 0. The SMILES string of the molecule is O=C(O)CCCCCCCC(CC(=O)O)C(CC(=O)O)(CC(=O)O)C(=O)O. The van der Waals surface area contributed by atoms with Gasteiger partial charge in [0.25, 0.3) is 0 Å². The first-order valence-corrected chi connectivity index (χ1v) is 8.62. The van der Waals surface area contributed by atoms with E-state index >= 15 is 0 Å². The predicted octanol–water partition coefficient (Wildman–Crippen LogP) is 1.91. The van der Waals surface area contributed by atoms with Gasteiger partial charge >= 0.3 is 29.8 Å². The first-order chi connectivity index (χ1) is 12.5. The molecule has 0 rings (SSSR count). The lowest BCUT2D eigenvalue weighted by atomic mass is 9.67. The van der Waals surface area contributed by atoms with E-state index in [1.807, 2.05) is 0 Å². The molecule has 0 saturated heterocycles. The molecule has 0 aromatic carbocycles. The zero-order chi connectivity index (χ0) is 21.0. The van der Waals surface area contributed by atoms with E-state index in [-0.39, 0.29) is 12.8 Å². The maximum absolute atomic E-state index is 11.8. The number of hydrogen-bond donors (Lipinski definition) is 5. The molecule has 0 heterocycles. The number of aliphatic carboxylic acids is 5. The lowest BCUT2D eigenvalue weighted by Crippen LogP contribution is -2.43. The summed E-state index contributed by atoms with van der Waals surface area (Å²) in [5.74, 6) is -8.04. The molecule has 0 aromatic rings. The van der Waals surface area contributed by atoms with Crippen LogP contribution in [0, 0.1) is 11.3 Å². The molecule has 154 valence electrons. The summed E-state index contributed by atoms with van der Waals surface area (Å²) < 4.78 is 0. The van der Waals surface area contributed by atoms with Crippen LogP contribution < -0.4 is 0 Å². The Hall–Kier alpha value is -2.65. The van der Waals surface area contributed by atoms with Crippen molar-refractivity contribution in [2.75, 3.05) is 0 Å². The largest absolute Gasteiger partial charge is 0.481 e. The van der Waals surface area contributed by atoms with Crippen LogP contribution in [-0.4, -0.2) is 55.4 Å². The van der Waals surface area contributed by atoms with Crippen LogP contribution >= 0.6 is 0 Å². The van der Waals surface area contributed by atoms with Gasteiger partial charge in [0.1, 0.15) is 0 Å². The number of rotatable bonds is 16. The van der Waals surface area contributed by atoms with E-state index in [1.165, 1.54) is 0 Å². The van der Waals surface area contributed by atoms with Crippen LogP contribution in [0.15, 0.2) is 0 Å². The third-order valence-electron chi connectivity index (χ3n) is 4.51. The van der Waals surface area contributed by atoms with Crippen molar-refractivity contribution in [1.29, 1.82) is 0 Å². The monoisotopic (exact) mass is 390 g/mol. The Morgan fingerprint density at radius 1 is 0.630 bits per heavy atom. The first kappa shape index (κ1) is 24.4. The zero-order valence-electron chi connectivity index (χ0n) is 14.9. The van der Waals surface area contributed by atoms with E-state index in [0.29, 0.717) is 32.1 Å². The number of unbranched alkanes of at least 4 members (excludes halogenated alkanes) is 4. The maximum Gasteiger partial charge on any atom is 0.311 e. The molecule has 10 heteroatoms. The summed E-state index contributed by atoms with van der Waals surface area (Å²) >= 11 is 0. The average Bonchev–Trinajstić information content (AvgIpc) is 2.50. The third kappa shape index (κ3) is 9.57. The van der Waals surface area contributed by atoms with Crippen molar-refractivity contribution in [2.24, 2.45) is 11.3 Å². The van der Waals surface area contributed by atoms with Gasteiger partial charge < -0.3 is 25.5 Å². The molecule has 1 atom stereocenters. The molecule has 5 N–H and O–H groups in total. The normalized spacial score (nSPS) is 12.3. The average molecular weight is 390 g/mol. The van der Waals surface area contributed by atoms with Gasteiger partial charge in [0, 0.05) is 12.8 Å². The number of carbonyl (C=O) groups is 5. The van der Waals surface area contributed by atoms with Gasteiger partial charge in [-0.25, -0.2) is 0 Å². The lowest BCUT2D eigenvalue weighted by molar-refractivity contribution is -0.167. The van der Waals surface area contributed by atoms with E-state index in [1.54, 1.807) is 0 Å². The second-order valence-electron chi connectivity index (χ2n) is 6.60. The van der Waals surface area contributed by atoms with Gasteiger partial charge in [0.15, 0.2) is 0 Å². The second kappa shape index (κ2) is 11.9. The molecule has 0 saturated carbocycles. The molecule has 27 heavy (non-hydrogen) atoms. The zero-order valence-corrected chi connectivity index (χ0v) is 14.9. The second-order valence-corrected chi connectivity index (χ2v) is 6.60. The fraction of sp³-hybridized carbons (Fsp3) is 0.706. The Balaban J connectivity index is 5.12. The Labute approximate surface area is 155 Å². The summed E-state index contributed by atoms with van der Waals surface area (Å²) in [6, 6.07) is 0. The Kier molecular flexibility index (Phi) is 10.7. The van der Waals surface area contributed by atoms with Crippen molar-refractivity contribution in [2.45, 2.75) is 64.2 Å². The number of carboxylic acid groups (broad SMARTS) is 5. The number of hydrogen-bond acceptors (Lipinski definition) is 5. The summed E-state index contributed by atoms with van der Waals surface area (Å²) in [6.07, 6.45) is 0.242. The molecule has 1 unspecified atom stereocenters. The van der Waals surface area contributed by atoms with Crippen molar-refractivity contribution in [3.05, 3.63) is 0 Å². The van der Waals surface area contributed by atoms with Crippen LogP contribution in [0.1, 0.15) is 64.2 Å². The lowest BCUT2D eigenvalue weighted by Gasteiger charge is -2.34. The van der Waals surface area contributed by atoms with Crippen LogP contribution in [0.2, 0.25) is 0 Å². The fourth-order valence-electron chi connectivity index (χ4n) is 3.20. The molecular formula is C17H26O10. The van der Waals surface area contributed by atoms with E-state index in [4.69, 9.17) is 20.4 Å². The summed E-state index contributed by atoms with van der Waals surface area (Å²) in [6.45, 7) is 0. The summed E-state index contributed by atoms with van der Waals surface area (Å²) in [5, 5.41) is 45.3. The highest BCUT2D eigenvalue weighted by atomic mass is 16.4. The van der Waals surface area contributed by atoms with E-state index in [9.17, 15) is 29.1 Å². The molecule has 0 fully saturated rings. The van der Waals surface area contributed by atoms with Crippen molar-refractivity contribution in [3.63, 3.8) is 0 Å². The molecule has 0 aliphatic heterocycles. The molecule has 0 aromatic heterocycles. The Bertz CT molecular complexity index is 538. The molecule has 0 amide bonds. The highest BCUT2D eigenvalue weighted by Gasteiger charge is 2.49. The molecule has 0 spiro atoms. The topological polar surface area (TPSA) is 186 Å².